The van der Waals surface area contributed by atoms with Gasteiger partial charge in [0.1, 0.15) is 0 Å². The summed E-state index contributed by atoms with van der Waals surface area (Å²) in [4.78, 5) is 15.5. The summed E-state index contributed by atoms with van der Waals surface area (Å²) in [5.41, 5.74) is 0.793. The monoisotopic (exact) mass is 386 g/mol. The molecule has 1 N–H and O–H groups in total. The van der Waals surface area contributed by atoms with Gasteiger partial charge in [-0.3, -0.25) is 9.69 Å². The van der Waals surface area contributed by atoms with E-state index in [4.69, 9.17) is 8.83 Å². The Morgan fingerprint density at radius 2 is 2.15 bits per heavy atom. The maximum absolute atomic E-state index is 12.4. The van der Waals surface area contributed by atoms with Crippen LogP contribution in [0, 0.1) is 0 Å². The third kappa shape index (κ3) is 5.45. The molecule has 3 rings (SSSR count). The summed E-state index contributed by atoms with van der Waals surface area (Å²) >= 11 is 1.64. The zero-order chi connectivity index (χ0) is 19.1. The molecule has 0 unspecified atom stereocenters. The van der Waals surface area contributed by atoms with Crippen LogP contribution in [0.3, 0.4) is 0 Å². The number of carbonyl (C=O) groups excluding carboxylic acids is 1. The van der Waals surface area contributed by atoms with Gasteiger partial charge in [0.15, 0.2) is 5.76 Å². The summed E-state index contributed by atoms with van der Waals surface area (Å²) in [6, 6.07) is 11.3. The molecule has 0 aliphatic heterocycles. The van der Waals surface area contributed by atoms with Gasteiger partial charge < -0.3 is 14.2 Å². The van der Waals surface area contributed by atoms with E-state index >= 15 is 0 Å². The van der Waals surface area contributed by atoms with E-state index in [1.54, 1.807) is 30.2 Å². The Morgan fingerprint density at radius 1 is 1.26 bits per heavy atom. The molecule has 0 bridgehead atoms. The van der Waals surface area contributed by atoms with Gasteiger partial charge in [0.2, 0.25) is 11.8 Å². The molecule has 3 aromatic rings. The van der Waals surface area contributed by atoms with E-state index in [0.717, 1.165) is 23.5 Å². The van der Waals surface area contributed by atoms with E-state index in [0.29, 0.717) is 24.1 Å². The molecule has 0 aliphatic carbocycles. The number of amides is 1. The second-order valence-corrected chi connectivity index (χ2v) is 6.85. The van der Waals surface area contributed by atoms with Gasteiger partial charge in [-0.1, -0.05) is 13.0 Å². The van der Waals surface area contributed by atoms with Gasteiger partial charge in [0.05, 0.1) is 19.4 Å². The molecule has 8 heteroatoms. The highest BCUT2D eigenvalue weighted by Gasteiger charge is 2.16. The normalized spacial score (nSPS) is 11.1. The largest absolute Gasteiger partial charge is 0.459 e. The number of aromatic nitrogens is 2. The Hall–Kier alpha value is -2.58. The van der Waals surface area contributed by atoms with E-state index in [9.17, 15) is 4.79 Å². The first-order valence-corrected chi connectivity index (χ1v) is 9.93. The van der Waals surface area contributed by atoms with Crippen LogP contribution in [0.2, 0.25) is 0 Å². The van der Waals surface area contributed by atoms with Crippen molar-refractivity contribution in [3.8, 4) is 11.7 Å². The predicted molar refractivity (Wildman–Crippen MR) is 104 cm³/mol. The molecule has 0 aliphatic rings. The molecule has 1 aromatic carbocycles. The minimum absolute atomic E-state index is 0.0764. The van der Waals surface area contributed by atoms with Crippen LogP contribution in [0.1, 0.15) is 19.2 Å². The van der Waals surface area contributed by atoms with E-state index in [1.165, 1.54) is 0 Å². The van der Waals surface area contributed by atoms with Gasteiger partial charge in [-0.05, 0) is 49.6 Å². The number of nitrogens with one attached hydrogen (secondary N) is 1. The molecule has 27 heavy (non-hydrogen) atoms. The Balaban J connectivity index is 1.60. The summed E-state index contributed by atoms with van der Waals surface area (Å²) in [6.07, 6.45) is 4.47. The lowest BCUT2D eigenvalue weighted by molar-refractivity contribution is -0.117. The molecule has 2 aromatic heterocycles. The van der Waals surface area contributed by atoms with E-state index in [2.05, 4.69) is 22.4 Å². The summed E-state index contributed by atoms with van der Waals surface area (Å²) in [5, 5.41) is 11.0. The predicted octanol–water partition coefficient (Wildman–Crippen LogP) is 3.90. The number of rotatable bonds is 9. The molecule has 0 fully saturated rings. The van der Waals surface area contributed by atoms with Crippen molar-refractivity contribution >= 4 is 23.4 Å². The second-order valence-electron chi connectivity index (χ2n) is 5.97. The van der Waals surface area contributed by atoms with E-state index < -0.39 is 0 Å². The van der Waals surface area contributed by atoms with Gasteiger partial charge in [-0.15, -0.1) is 22.0 Å². The topological polar surface area (TPSA) is 84.4 Å². The molecular weight excluding hydrogens is 364 g/mol. The van der Waals surface area contributed by atoms with Crippen molar-refractivity contribution < 1.29 is 13.6 Å². The highest BCUT2D eigenvalue weighted by molar-refractivity contribution is 7.98. The molecule has 0 saturated carbocycles. The molecule has 1 amide bonds. The number of benzene rings is 1. The fourth-order valence-corrected chi connectivity index (χ4v) is 3.10. The van der Waals surface area contributed by atoms with Crippen LogP contribution in [0.4, 0.5) is 5.69 Å². The third-order valence-electron chi connectivity index (χ3n) is 3.82. The van der Waals surface area contributed by atoms with Crippen molar-refractivity contribution in [2.45, 2.75) is 24.8 Å². The summed E-state index contributed by atoms with van der Waals surface area (Å²) in [7, 11) is 0. The van der Waals surface area contributed by atoms with E-state index in [1.807, 2.05) is 35.4 Å². The smallest absolute Gasteiger partial charge is 0.283 e. The maximum atomic E-state index is 12.4. The highest BCUT2D eigenvalue weighted by atomic mass is 32.2. The fourth-order valence-electron chi connectivity index (χ4n) is 2.64. The van der Waals surface area contributed by atoms with Gasteiger partial charge in [0.25, 0.3) is 5.89 Å². The second kappa shape index (κ2) is 9.38. The number of carbonyl (C=O) groups is 1. The lowest BCUT2D eigenvalue weighted by Gasteiger charge is -2.19. The molecule has 0 atom stereocenters. The number of furan rings is 1. The van der Waals surface area contributed by atoms with Gasteiger partial charge in [-0.2, -0.15) is 0 Å². The maximum Gasteiger partial charge on any atom is 0.283 e. The first-order chi connectivity index (χ1) is 13.2. The van der Waals surface area contributed by atoms with Crippen molar-refractivity contribution in [2.24, 2.45) is 0 Å². The lowest BCUT2D eigenvalue weighted by Crippen LogP contribution is -2.33. The molecule has 0 radical (unpaired) electrons. The van der Waals surface area contributed by atoms with Crippen molar-refractivity contribution in [1.29, 1.82) is 0 Å². The number of hydrogen-bond donors (Lipinski definition) is 1. The van der Waals surface area contributed by atoms with Crippen molar-refractivity contribution in [3.05, 3.63) is 48.6 Å². The van der Waals surface area contributed by atoms with Crippen molar-refractivity contribution in [1.82, 2.24) is 15.1 Å². The van der Waals surface area contributed by atoms with Gasteiger partial charge in [0, 0.05) is 10.6 Å². The van der Waals surface area contributed by atoms with Crippen molar-refractivity contribution in [2.75, 3.05) is 24.7 Å². The van der Waals surface area contributed by atoms with Crippen LogP contribution in [0.5, 0.6) is 0 Å². The van der Waals surface area contributed by atoms with Crippen LogP contribution >= 0.6 is 11.8 Å². The third-order valence-corrected chi connectivity index (χ3v) is 4.54. The van der Waals surface area contributed by atoms with Gasteiger partial charge >= 0.3 is 0 Å². The lowest BCUT2D eigenvalue weighted by atomic mass is 10.3. The minimum Gasteiger partial charge on any atom is -0.459 e. The SMILES string of the molecule is CCCN(CC(=O)Nc1cccc(SC)c1)Cc1nnc(-c2ccco2)o1. The zero-order valence-corrected chi connectivity index (χ0v) is 16.2. The Kier molecular flexibility index (Phi) is 6.67. The number of anilines is 1. The van der Waals surface area contributed by atoms with Crippen LogP contribution in [-0.2, 0) is 11.3 Å². The molecule has 0 spiro atoms. The summed E-state index contributed by atoms with van der Waals surface area (Å²) < 4.78 is 10.9. The number of hydrogen-bond acceptors (Lipinski definition) is 7. The van der Waals surface area contributed by atoms with Crippen molar-refractivity contribution in [3.63, 3.8) is 0 Å². The first kappa shape index (κ1) is 19.2. The van der Waals surface area contributed by atoms with Crippen LogP contribution in [0.25, 0.3) is 11.7 Å². The first-order valence-electron chi connectivity index (χ1n) is 8.70. The number of nitrogens with zero attached hydrogens (tertiary/aromatic N) is 3. The van der Waals surface area contributed by atoms with Crippen LogP contribution in [0.15, 0.2) is 56.4 Å². The summed E-state index contributed by atoms with van der Waals surface area (Å²) in [6.45, 7) is 3.46. The number of thioether (sulfide) groups is 1. The Morgan fingerprint density at radius 3 is 2.89 bits per heavy atom. The Labute approximate surface area is 162 Å². The van der Waals surface area contributed by atoms with Crippen LogP contribution in [-0.4, -0.2) is 40.3 Å². The quantitative estimate of drug-likeness (QED) is 0.558. The van der Waals surface area contributed by atoms with E-state index in [-0.39, 0.29) is 12.5 Å². The highest BCUT2D eigenvalue weighted by Crippen LogP contribution is 2.20. The zero-order valence-electron chi connectivity index (χ0n) is 15.3. The molecular formula is C19H22N4O3S. The van der Waals surface area contributed by atoms with Crippen LogP contribution < -0.4 is 5.32 Å². The average molecular weight is 386 g/mol. The standard InChI is InChI=1S/C19H22N4O3S/c1-3-9-23(12-17(24)20-14-6-4-7-15(11-14)27-2)13-18-21-22-19(26-18)16-8-5-10-25-16/h4-8,10-11H,3,9,12-13H2,1-2H3,(H,20,24). The van der Waals surface area contributed by atoms with Gasteiger partial charge in [-0.25, -0.2) is 0 Å². The molecule has 0 saturated heterocycles. The minimum atomic E-state index is -0.0764. The summed E-state index contributed by atoms with van der Waals surface area (Å²) in [5.74, 6) is 1.24. The molecule has 142 valence electrons. The fraction of sp³-hybridized carbons (Fsp3) is 0.316. The molecule has 2 heterocycles. The Bertz CT molecular complexity index is 863. The average Bonchev–Trinajstić information content (AvgIpc) is 3.33. The molecule has 7 nitrogen and oxygen atoms in total.